The first-order valence-electron chi connectivity index (χ1n) is 12.4. The fourth-order valence-electron chi connectivity index (χ4n) is 6.42. The van der Waals surface area contributed by atoms with E-state index in [9.17, 15) is 75.8 Å². The highest BCUT2D eigenvalue weighted by Crippen LogP contribution is 2.68. The van der Waals surface area contributed by atoms with Gasteiger partial charge >= 0.3 is 54.0 Å². The van der Waals surface area contributed by atoms with Crippen LogP contribution in [0.15, 0.2) is 12.2 Å². The van der Waals surface area contributed by atoms with Crippen molar-refractivity contribution in [1.29, 1.82) is 0 Å². The third kappa shape index (κ3) is 5.80. The molecular formula is C24H22F14O6. The topological polar surface area (TPSA) is 78.9 Å². The first-order chi connectivity index (χ1) is 19.5. The summed E-state index contributed by atoms with van der Waals surface area (Å²) in [7, 11) is 0. The molecule has 20 heteroatoms. The van der Waals surface area contributed by atoms with Crippen molar-refractivity contribution in [1.82, 2.24) is 0 Å². The Labute approximate surface area is 238 Å². The van der Waals surface area contributed by atoms with E-state index in [0.717, 1.165) is 6.92 Å². The first-order valence-corrected chi connectivity index (χ1v) is 12.4. The number of carbonyl (C=O) groups excluding carboxylic acids is 3. The van der Waals surface area contributed by atoms with E-state index in [0.29, 0.717) is 0 Å². The van der Waals surface area contributed by atoms with Crippen molar-refractivity contribution >= 4 is 17.9 Å². The standard InChI is InChI=1S/C24H22F14O6/c1-11(2)13(39)44-18-5-12-3-16(7-18,14(40)42-9-19(25,26)21(29,30)23(33,34)35)6-17(4-12,8-18)15(41)43-10-20(27,28)22(31,32)24(36,37)38/h12H,1,3-10H2,2H3. The number of alkyl halides is 14. The highest BCUT2D eigenvalue weighted by molar-refractivity contribution is 5.88. The van der Waals surface area contributed by atoms with Gasteiger partial charge in [0.05, 0.1) is 10.8 Å². The van der Waals surface area contributed by atoms with E-state index < -0.39 is 122 Å². The van der Waals surface area contributed by atoms with Crippen LogP contribution in [-0.2, 0) is 28.6 Å². The van der Waals surface area contributed by atoms with Crippen LogP contribution in [0.4, 0.5) is 61.5 Å². The van der Waals surface area contributed by atoms with Gasteiger partial charge in [-0.15, -0.1) is 0 Å². The maximum Gasteiger partial charge on any atom is 0.460 e. The van der Waals surface area contributed by atoms with Gasteiger partial charge in [-0.3, -0.25) is 9.59 Å². The predicted molar refractivity (Wildman–Crippen MR) is 114 cm³/mol. The van der Waals surface area contributed by atoms with Crippen LogP contribution in [0, 0.1) is 16.7 Å². The van der Waals surface area contributed by atoms with Gasteiger partial charge in [-0.2, -0.15) is 61.5 Å². The number of rotatable bonds is 10. The van der Waals surface area contributed by atoms with Crippen molar-refractivity contribution in [3.8, 4) is 0 Å². The third-order valence-electron chi connectivity index (χ3n) is 7.94. The van der Waals surface area contributed by atoms with Gasteiger partial charge in [0.25, 0.3) is 0 Å². The monoisotopic (exact) mass is 672 g/mol. The van der Waals surface area contributed by atoms with Crippen LogP contribution in [0.3, 0.4) is 0 Å². The molecule has 0 radical (unpaired) electrons. The Morgan fingerprint density at radius 1 is 0.659 bits per heavy atom. The van der Waals surface area contributed by atoms with E-state index in [1.807, 2.05) is 0 Å². The molecule has 0 amide bonds. The lowest BCUT2D eigenvalue weighted by Crippen LogP contribution is -2.66. The Bertz CT molecular complexity index is 1140. The molecule has 6 nitrogen and oxygen atoms in total. The smallest absolute Gasteiger partial charge is 0.459 e. The van der Waals surface area contributed by atoms with Gasteiger partial charge in [0.1, 0.15) is 5.60 Å². The molecule has 4 aliphatic carbocycles. The lowest BCUT2D eigenvalue weighted by Gasteiger charge is -2.63. The van der Waals surface area contributed by atoms with Crippen LogP contribution in [0.25, 0.3) is 0 Å². The predicted octanol–water partition coefficient (Wildman–Crippen LogP) is 6.57. The summed E-state index contributed by atoms with van der Waals surface area (Å²) in [6, 6.07) is 0. The summed E-state index contributed by atoms with van der Waals surface area (Å²) in [4.78, 5) is 38.5. The van der Waals surface area contributed by atoms with Crippen LogP contribution in [0.2, 0.25) is 0 Å². The zero-order valence-corrected chi connectivity index (χ0v) is 22.2. The van der Waals surface area contributed by atoms with E-state index in [4.69, 9.17) is 4.74 Å². The van der Waals surface area contributed by atoms with Gasteiger partial charge in [-0.25, -0.2) is 4.79 Å². The molecule has 4 aliphatic rings. The average molecular weight is 672 g/mol. The molecule has 2 atom stereocenters. The Morgan fingerprint density at radius 3 is 1.34 bits per heavy atom. The Kier molecular flexibility index (Phi) is 8.38. The number of carbonyl (C=O) groups is 3. The Hall–Kier alpha value is -2.83. The second-order valence-electron chi connectivity index (χ2n) is 11.6. The first kappa shape index (κ1) is 35.6. The van der Waals surface area contributed by atoms with Gasteiger partial charge in [0.2, 0.25) is 0 Å². The quantitative estimate of drug-likeness (QED) is 0.113. The van der Waals surface area contributed by atoms with Crippen LogP contribution >= 0.6 is 0 Å². The van der Waals surface area contributed by atoms with Gasteiger partial charge < -0.3 is 14.2 Å². The molecule has 0 aromatic carbocycles. The van der Waals surface area contributed by atoms with Crippen molar-refractivity contribution in [2.45, 2.75) is 87.1 Å². The number of esters is 3. The Morgan fingerprint density at radius 2 is 1.02 bits per heavy atom. The van der Waals surface area contributed by atoms with Crippen molar-refractivity contribution in [2.75, 3.05) is 13.2 Å². The minimum Gasteiger partial charge on any atom is -0.459 e. The molecule has 0 N–H and O–H groups in total. The van der Waals surface area contributed by atoms with Gasteiger partial charge in [0, 0.05) is 18.4 Å². The largest absolute Gasteiger partial charge is 0.460 e. The fraction of sp³-hybridized carbons (Fsp3) is 0.792. The van der Waals surface area contributed by atoms with E-state index in [2.05, 4.69) is 16.1 Å². The zero-order valence-electron chi connectivity index (χ0n) is 22.2. The van der Waals surface area contributed by atoms with Crippen molar-refractivity contribution in [2.24, 2.45) is 16.7 Å². The molecule has 0 heterocycles. The molecule has 0 aliphatic heterocycles. The van der Waals surface area contributed by atoms with E-state index in [1.54, 1.807) is 0 Å². The third-order valence-corrected chi connectivity index (χ3v) is 7.94. The van der Waals surface area contributed by atoms with Crippen LogP contribution < -0.4 is 0 Å². The minimum absolute atomic E-state index is 0.194. The summed E-state index contributed by atoms with van der Waals surface area (Å²) >= 11 is 0. The summed E-state index contributed by atoms with van der Waals surface area (Å²) in [6.07, 6.45) is -17.0. The lowest BCUT2D eigenvalue weighted by atomic mass is 9.42. The number of hydrogen-bond donors (Lipinski definition) is 0. The summed E-state index contributed by atoms with van der Waals surface area (Å²) in [5.41, 5.74) is -6.78. The van der Waals surface area contributed by atoms with E-state index in [1.165, 1.54) is 0 Å². The second kappa shape index (κ2) is 10.3. The molecule has 0 spiro atoms. The number of halogens is 14. The molecule has 0 aromatic heterocycles. The Balaban J connectivity index is 1.95. The molecule has 4 rings (SSSR count). The van der Waals surface area contributed by atoms with E-state index in [-0.39, 0.29) is 12.0 Å². The van der Waals surface area contributed by atoms with E-state index >= 15 is 0 Å². The van der Waals surface area contributed by atoms with Gasteiger partial charge in [0.15, 0.2) is 13.2 Å². The molecule has 2 unspecified atom stereocenters. The lowest BCUT2D eigenvalue weighted by molar-refractivity contribution is -0.360. The number of hydrogen-bond acceptors (Lipinski definition) is 6. The van der Waals surface area contributed by atoms with Crippen LogP contribution in [0.1, 0.15) is 45.4 Å². The summed E-state index contributed by atoms with van der Waals surface area (Å²) < 4.78 is 197. The van der Waals surface area contributed by atoms with Crippen molar-refractivity contribution in [3.63, 3.8) is 0 Å². The fourth-order valence-corrected chi connectivity index (χ4v) is 6.42. The molecule has 252 valence electrons. The molecule has 4 fully saturated rings. The van der Waals surface area contributed by atoms with Crippen LogP contribution in [-0.4, -0.2) is 72.8 Å². The molecule has 0 saturated heterocycles. The molecule has 4 bridgehead atoms. The maximum absolute atomic E-state index is 13.8. The molecule has 44 heavy (non-hydrogen) atoms. The highest BCUT2D eigenvalue weighted by atomic mass is 19.4. The molecule has 0 aromatic rings. The molecule has 4 saturated carbocycles. The average Bonchev–Trinajstić information content (AvgIpc) is 2.83. The van der Waals surface area contributed by atoms with Crippen LogP contribution in [0.5, 0.6) is 0 Å². The summed E-state index contributed by atoms with van der Waals surface area (Å²) in [5, 5.41) is 0. The number of ether oxygens (including phenoxy) is 3. The minimum atomic E-state index is -6.77. The second-order valence-corrected chi connectivity index (χ2v) is 11.6. The van der Waals surface area contributed by atoms with Gasteiger partial charge in [-0.1, -0.05) is 6.58 Å². The summed E-state index contributed by atoms with van der Waals surface area (Å²) in [6.45, 7) is -1.19. The molecular weight excluding hydrogens is 650 g/mol. The SMILES string of the molecule is C=C(C)C(=O)OC12CC3CC(C(=O)OCC(F)(F)C(F)(F)C(F)(F)F)(C1)CC(C(=O)OCC(F)(F)C(F)(F)C(F)(F)F)(C3)C2. The van der Waals surface area contributed by atoms with Crippen molar-refractivity contribution < 1.29 is 90.1 Å². The normalized spacial score (nSPS) is 29.3. The maximum atomic E-state index is 13.8. The van der Waals surface area contributed by atoms with Gasteiger partial charge in [-0.05, 0) is 38.5 Å². The zero-order chi connectivity index (χ0) is 34.2. The highest BCUT2D eigenvalue weighted by Gasteiger charge is 2.76. The van der Waals surface area contributed by atoms with Crippen molar-refractivity contribution in [3.05, 3.63) is 12.2 Å². The summed E-state index contributed by atoms with van der Waals surface area (Å²) in [5.74, 6) is -31.2.